The van der Waals surface area contributed by atoms with Crippen molar-refractivity contribution in [3.63, 3.8) is 0 Å². The molecule has 61 valence electrons. The first-order valence-electron chi connectivity index (χ1n) is 3.84. The van der Waals surface area contributed by atoms with Gasteiger partial charge in [-0.2, -0.15) is 0 Å². The fraction of sp³-hybridized carbons (Fsp3) is 0.875. The molecule has 0 amide bonds. The standard InChI is InChI=1S/C8H17O2/c1-8(4-2-6-9)5-3-7-10/h9-10H,2-7H2,1H3. The molecule has 0 heterocycles. The smallest absolute Gasteiger partial charge is 0.0431 e. The van der Waals surface area contributed by atoms with Gasteiger partial charge in [0.25, 0.3) is 0 Å². The zero-order chi connectivity index (χ0) is 7.82. The number of hydrogen-bond donors (Lipinski definition) is 2. The lowest BCUT2D eigenvalue weighted by molar-refractivity contribution is 0.276. The number of rotatable bonds is 6. The zero-order valence-corrected chi connectivity index (χ0v) is 6.64. The SMILES string of the molecule is C[C](CCCO)CCCO. The molecule has 0 aliphatic heterocycles. The molecule has 0 aliphatic carbocycles. The van der Waals surface area contributed by atoms with Gasteiger partial charge >= 0.3 is 0 Å². The molecule has 10 heavy (non-hydrogen) atoms. The van der Waals surface area contributed by atoms with Crippen molar-refractivity contribution in [1.82, 2.24) is 0 Å². The van der Waals surface area contributed by atoms with Gasteiger partial charge in [0.2, 0.25) is 0 Å². The summed E-state index contributed by atoms with van der Waals surface area (Å²) >= 11 is 0. The van der Waals surface area contributed by atoms with E-state index in [0.717, 1.165) is 25.7 Å². The Balaban J connectivity index is 3.00. The second-order valence-corrected chi connectivity index (χ2v) is 2.61. The normalized spacial score (nSPS) is 10.8. The molecule has 0 saturated heterocycles. The van der Waals surface area contributed by atoms with Crippen LogP contribution in [0.4, 0.5) is 0 Å². The van der Waals surface area contributed by atoms with Crippen molar-refractivity contribution < 1.29 is 10.2 Å². The van der Waals surface area contributed by atoms with Crippen LogP contribution in [0.15, 0.2) is 0 Å². The third-order valence-corrected chi connectivity index (χ3v) is 1.52. The molecule has 0 saturated carbocycles. The van der Waals surface area contributed by atoms with Crippen LogP contribution in [0.1, 0.15) is 32.6 Å². The quantitative estimate of drug-likeness (QED) is 0.588. The highest BCUT2D eigenvalue weighted by Gasteiger charge is 2.00. The second-order valence-electron chi connectivity index (χ2n) is 2.61. The summed E-state index contributed by atoms with van der Waals surface area (Å²) in [6.07, 6.45) is 3.71. The van der Waals surface area contributed by atoms with Gasteiger partial charge in [0.05, 0.1) is 0 Å². The summed E-state index contributed by atoms with van der Waals surface area (Å²) in [5, 5.41) is 17.0. The molecule has 0 aromatic carbocycles. The molecule has 1 radical (unpaired) electrons. The second kappa shape index (κ2) is 7.03. The predicted octanol–water partition coefficient (Wildman–Crippen LogP) is 1.13. The van der Waals surface area contributed by atoms with E-state index in [1.54, 1.807) is 0 Å². The highest BCUT2D eigenvalue weighted by molar-refractivity contribution is 4.82. The molecule has 2 heteroatoms. The van der Waals surface area contributed by atoms with Crippen molar-refractivity contribution in [3.05, 3.63) is 5.92 Å². The van der Waals surface area contributed by atoms with Crippen LogP contribution in [-0.4, -0.2) is 23.4 Å². The third-order valence-electron chi connectivity index (χ3n) is 1.52. The number of aliphatic hydroxyl groups is 2. The average molecular weight is 145 g/mol. The zero-order valence-electron chi connectivity index (χ0n) is 6.64. The lowest BCUT2D eigenvalue weighted by Gasteiger charge is -2.07. The highest BCUT2D eigenvalue weighted by Crippen LogP contribution is 2.13. The Morgan fingerprint density at radius 3 is 1.70 bits per heavy atom. The topological polar surface area (TPSA) is 40.5 Å². The van der Waals surface area contributed by atoms with Crippen LogP contribution in [0.2, 0.25) is 0 Å². The Kier molecular flexibility index (Phi) is 6.98. The maximum atomic E-state index is 8.48. The summed E-state index contributed by atoms with van der Waals surface area (Å²) in [4.78, 5) is 0. The molecule has 0 aliphatic rings. The Bertz CT molecular complexity index is 56.3. The molecule has 0 aromatic rings. The minimum atomic E-state index is 0.274. The van der Waals surface area contributed by atoms with Crippen molar-refractivity contribution >= 4 is 0 Å². The fourth-order valence-electron chi connectivity index (χ4n) is 0.887. The van der Waals surface area contributed by atoms with Gasteiger partial charge in [0, 0.05) is 13.2 Å². The fourth-order valence-corrected chi connectivity index (χ4v) is 0.887. The maximum Gasteiger partial charge on any atom is 0.0431 e. The first-order valence-corrected chi connectivity index (χ1v) is 3.84. The van der Waals surface area contributed by atoms with E-state index < -0.39 is 0 Å². The minimum absolute atomic E-state index is 0.274. The van der Waals surface area contributed by atoms with Crippen molar-refractivity contribution in [1.29, 1.82) is 0 Å². The van der Waals surface area contributed by atoms with Crippen LogP contribution >= 0.6 is 0 Å². The highest BCUT2D eigenvalue weighted by atomic mass is 16.3. The van der Waals surface area contributed by atoms with Crippen LogP contribution in [0.3, 0.4) is 0 Å². The minimum Gasteiger partial charge on any atom is -0.396 e. The third kappa shape index (κ3) is 6.05. The van der Waals surface area contributed by atoms with Crippen molar-refractivity contribution in [3.8, 4) is 0 Å². The van der Waals surface area contributed by atoms with E-state index in [-0.39, 0.29) is 13.2 Å². The van der Waals surface area contributed by atoms with Crippen LogP contribution in [0, 0.1) is 5.92 Å². The molecule has 0 bridgehead atoms. The molecule has 0 fully saturated rings. The van der Waals surface area contributed by atoms with E-state index in [1.165, 1.54) is 5.92 Å². The van der Waals surface area contributed by atoms with E-state index in [2.05, 4.69) is 6.92 Å². The van der Waals surface area contributed by atoms with Crippen LogP contribution in [-0.2, 0) is 0 Å². The van der Waals surface area contributed by atoms with E-state index >= 15 is 0 Å². The summed E-state index contributed by atoms with van der Waals surface area (Å²) in [5.74, 6) is 1.38. The Morgan fingerprint density at radius 1 is 1.00 bits per heavy atom. The Labute approximate surface area is 62.9 Å². The lowest BCUT2D eigenvalue weighted by atomic mass is 10.0. The maximum absolute atomic E-state index is 8.48. The molecular weight excluding hydrogens is 128 g/mol. The Morgan fingerprint density at radius 2 is 1.40 bits per heavy atom. The molecule has 2 N–H and O–H groups in total. The van der Waals surface area contributed by atoms with Crippen LogP contribution in [0.5, 0.6) is 0 Å². The average Bonchev–Trinajstić information content (AvgIpc) is 1.97. The molecule has 0 atom stereocenters. The van der Waals surface area contributed by atoms with Gasteiger partial charge in [-0.1, -0.05) is 6.92 Å². The first-order chi connectivity index (χ1) is 4.81. The summed E-state index contributed by atoms with van der Waals surface area (Å²) in [5.41, 5.74) is 0. The van der Waals surface area contributed by atoms with Crippen molar-refractivity contribution in [2.75, 3.05) is 13.2 Å². The molecular formula is C8H17O2. The molecule has 0 unspecified atom stereocenters. The lowest BCUT2D eigenvalue weighted by Crippen LogP contribution is -1.95. The van der Waals surface area contributed by atoms with Crippen molar-refractivity contribution in [2.24, 2.45) is 0 Å². The predicted molar refractivity (Wildman–Crippen MR) is 41.6 cm³/mol. The van der Waals surface area contributed by atoms with Crippen molar-refractivity contribution in [2.45, 2.75) is 32.6 Å². The van der Waals surface area contributed by atoms with Gasteiger partial charge in [-0.25, -0.2) is 0 Å². The van der Waals surface area contributed by atoms with Gasteiger partial charge in [0.15, 0.2) is 0 Å². The summed E-state index contributed by atoms with van der Waals surface area (Å²) in [7, 11) is 0. The molecule has 0 rings (SSSR count). The van der Waals surface area contributed by atoms with Gasteiger partial charge < -0.3 is 10.2 Å². The Hall–Kier alpha value is -0.0800. The van der Waals surface area contributed by atoms with E-state index in [9.17, 15) is 0 Å². The summed E-state index contributed by atoms with van der Waals surface area (Å²) in [6, 6.07) is 0. The summed E-state index contributed by atoms with van der Waals surface area (Å²) in [6.45, 7) is 2.62. The monoisotopic (exact) mass is 145 g/mol. The van der Waals surface area contributed by atoms with Gasteiger partial charge in [0.1, 0.15) is 0 Å². The van der Waals surface area contributed by atoms with Gasteiger partial charge in [-0.15, -0.1) is 0 Å². The largest absolute Gasteiger partial charge is 0.396 e. The number of aliphatic hydroxyl groups excluding tert-OH is 2. The van der Waals surface area contributed by atoms with Gasteiger partial charge in [-0.3, -0.25) is 0 Å². The van der Waals surface area contributed by atoms with E-state index in [1.807, 2.05) is 0 Å². The summed E-state index contributed by atoms with van der Waals surface area (Å²) < 4.78 is 0. The molecule has 0 spiro atoms. The van der Waals surface area contributed by atoms with E-state index in [4.69, 9.17) is 10.2 Å². The first kappa shape index (κ1) is 9.92. The van der Waals surface area contributed by atoms with Crippen LogP contribution < -0.4 is 0 Å². The molecule has 2 nitrogen and oxygen atoms in total. The molecule has 0 aromatic heterocycles. The number of hydrogen-bond acceptors (Lipinski definition) is 2. The van der Waals surface area contributed by atoms with E-state index in [0.29, 0.717) is 0 Å². The van der Waals surface area contributed by atoms with Crippen LogP contribution in [0.25, 0.3) is 0 Å². The van der Waals surface area contributed by atoms with Gasteiger partial charge in [-0.05, 0) is 31.6 Å².